The lowest BCUT2D eigenvalue weighted by molar-refractivity contribution is 0.249. The maximum Gasteiger partial charge on any atom is 0.191 e. The van der Waals surface area contributed by atoms with E-state index in [2.05, 4.69) is 73.9 Å². The van der Waals surface area contributed by atoms with Crippen LogP contribution in [0.1, 0.15) is 43.2 Å². The van der Waals surface area contributed by atoms with Crippen LogP contribution in [0, 0.1) is 0 Å². The quantitative estimate of drug-likeness (QED) is 0.284. The molecule has 0 amide bonds. The van der Waals surface area contributed by atoms with Gasteiger partial charge in [0.25, 0.3) is 0 Å². The molecule has 1 saturated heterocycles. The number of anilines is 1. The van der Waals surface area contributed by atoms with Gasteiger partial charge in [-0.15, -0.1) is 35.3 Å². The Kier molecular flexibility index (Phi) is 10.9. The van der Waals surface area contributed by atoms with Gasteiger partial charge in [-0.1, -0.05) is 12.1 Å². The number of aromatic nitrogens is 1. The molecule has 2 aromatic heterocycles. The van der Waals surface area contributed by atoms with Gasteiger partial charge in [0.15, 0.2) is 5.96 Å². The molecule has 1 fully saturated rings. The molecular formula is C22H35IN6S. The van der Waals surface area contributed by atoms with E-state index in [1.807, 2.05) is 24.6 Å². The Hall–Kier alpha value is -1.39. The highest BCUT2D eigenvalue weighted by Gasteiger charge is 2.24. The molecular weight excluding hydrogens is 507 g/mol. The number of aliphatic imine (C=N–C) groups is 1. The number of thiophene rings is 1. The first-order valence-corrected chi connectivity index (χ1v) is 11.5. The smallest absolute Gasteiger partial charge is 0.191 e. The van der Waals surface area contributed by atoms with Crippen molar-refractivity contribution in [2.45, 2.75) is 39.3 Å². The van der Waals surface area contributed by atoms with E-state index < -0.39 is 0 Å². The molecule has 0 aliphatic carbocycles. The van der Waals surface area contributed by atoms with E-state index >= 15 is 0 Å². The topological polar surface area (TPSA) is 55.8 Å². The number of guanidine groups is 1. The van der Waals surface area contributed by atoms with E-state index in [0.717, 1.165) is 37.0 Å². The van der Waals surface area contributed by atoms with Crippen LogP contribution >= 0.6 is 35.3 Å². The summed E-state index contributed by atoms with van der Waals surface area (Å²) < 4.78 is 0. The van der Waals surface area contributed by atoms with E-state index in [9.17, 15) is 0 Å². The SMILES string of the molecule is CCN(CC)c1ccc(CNC(=NC)NCC(c2cccs2)N2CCCC2)cn1.I. The standard InChI is InChI=1S/C22H34N6S.HI/c1-4-27(5-2)21-11-10-18(15-24-21)16-25-22(23-3)26-17-19(20-9-8-14-29-20)28-12-6-7-13-28;/h8-11,14-15,19H,4-7,12-13,16-17H2,1-3H3,(H2,23,25,26);1H. The van der Waals surface area contributed by atoms with Crippen LogP contribution in [0.2, 0.25) is 0 Å². The molecule has 1 unspecified atom stereocenters. The van der Waals surface area contributed by atoms with E-state index in [1.165, 1.54) is 30.8 Å². The van der Waals surface area contributed by atoms with Crippen LogP contribution in [0.3, 0.4) is 0 Å². The molecule has 6 nitrogen and oxygen atoms in total. The largest absolute Gasteiger partial charge is 0.357 e. The molecule has 3 rings (SSSR count). The third kappa shape index (κ3) is 6.81. The van der Waals surface area contributed by atoms with Gasteiger partial charge in [-0.3, -0.25) is 9.89 Å². The number of pyridine rings is 1. The lowest BCUT2D eigenvalue weighted by Gasteiger charge is -2.27. The minimum absolute atomic E-state index is 0. The molecule has 1 aliphatic rings. The first-order chi connectivity index (χ1) is 14.2. The average molecular weight is 543 g/mol. The lowest BCUT2D eigenvalue weighted by Crippen LogP contribution is -2.42. The fraction of sp³-hybridized carbons (Fsp3) is 0.545. The molecule has 8 heteroatoms. The summed E-state index contributed by atoms with van der Waals surface area (Å²) in [5.41, 5.74) is 1.15. The summed E-state index contributed by atoms with van der Waals surface area (Å²) in [6, 6.07) is 9.03. The third-order valence-corrected chi connectivity index (χ3v) is 6.47. The maximum absolute atomic E-state index is 4.61. The second-order valence-corrected chi connectivity index (χ2v) is 8.26. The highest BCUT2D eigenvalue weighted by molar-refractivity contribution is 14.0. The van der Waals surface area contributed by atoms with Crippen LogP contribution in [0.25, 0.3) is 0 Å². The summed E-state index contributed by atoms with van der Waals surface area (Å²) in [5, 5.41) is 9.12. The molecule has 2 aromatic rings. The highest BCUT2D eigenvalue weighted by atomic mass is 127. The molecule has 0 spiro atoms. The summed E-state index contributed by atoms with van der Waals surface area (Å²) in [6.45, 7) is 10.2. The number of likely N-dealkylation sites (tertiary alicyclic amines) is 1. The summed E-state index contributed by atoms with van der Waals surface area (Å²) in [6.07, 6.45) is 4.54. The van der Waals surface area contributed by atoms with Gasteiger partial charge < -0.3 is 15.5 Å². The second kappa shape index (κ2) is 13.1. The lowest BCUT2D eigenvalue weighted by atomic mass is 10.2. The predicted octanol–water partition coefficient (Wildman–Crippen LogP) is 4.11. The molecule has 0 aromatic carbocycles. The predicted molar refractivity (Wildman–Crippen MR) is 139 cm³/mol. The van der Waals surface area contributed by atoms with Crippen molar-refractivity contribution in [3.05, 3.63) is 46.3 Å². The third-order valence-electron chi connectivity index (χ3n) is 5.50. The zero-order chi connectivity index (χ0) is 20.5. The van der Waals surface area contributed by atoms with Gasteiger partial charge in [-0.2, -0.15) is 0 Å². The van der Waals surface area contributed by atoms with Crippen LogP contribution in [-0.4, -0.2) is 55.6 Å². The van der Waals surface area contributed by atoms with E-state index in [1.54, 1.807) is 0 Å². The fourth-order valence-electron chi connectivity index (χ4n) is 3.80. The highest BCUT2D eigenvalue weighted by Crippen LogP contribution is 2.27. The average Bonchev–Trinajstić information content (AvgIpc) is 3.47. The molecule has 3 heterocycles. The number of halogens is 1. The van der Waals surface area contributed by atoms with Gasteiger partial charge in [0, 0.05) is 44.3 Å². The first-order valence-electron chi connectivity index (χ1n) is 10.7. The Morgan fingerprint density at radius 1 is 1.20 bits per heavy atom. The van der Waals surface area contributed by atoms with Gasteiger partial charge in [0.1, 0.15) is 5.82 Å². The molecule has 2 N–H and O–H groups in total. The Balaban J connectivity index is 0.00000320. The van der Waals surface area contributed by atoms with Crippen molar-refractivity contribution >= 4 is 47.1 Å². The molecule has 0 saturated carbocycles. The fourth-order valence-corrected chi connectivity index (χ4v) is 4.66. The van der Waals surface area contributed by atoms with Gasteiger partial charge >= 0.3 is 0 Å². The van der Waals surface area contributed by atoms with Gasteiger partial charge in [-0.05, 0) is 62.9 Å². The van der Waals surface area contributed by atoms with Crippen LogP contribution in [0.5, 0.6) is 0 Å². The van der Waals surface area contributed by atoms with Crippen LogP contribution in [0.4, 0.5) is 5.82 Å². The Morgan fingerprint density at radius 3 is 2.53 bits per heavy atom. The van der Waals surface area contributed by atoms with Crippen LogP contribution < -0.4 is 15.5 Å². The second-order valence-electron chi connectivity index (χ2n) is 7.28. The van der Waals surface area contributed by atoms with E-state index in [-0.39, 0.29) is 24.0 Å². The molecule has 166 valence electrons. The zero-order valence-electron chi connectivity index (χ0n) is 18.3. The number of hydrogen-bond donors (Lipinski definition) is 2. The van der Waals surface area contributed by atoms with Crippen molar-refractivity contribution in [2.24, 2.45) is 4.99 Å². The van der Waals surface area contributed by atoms with E-state index in [4.69, 9.17) is 0 Å². The molecule has 1 aliphatic heterocycles. The Labute approximate surface area is 202 Å². The Morgan fingerprint density at radius 2 is 1.97 bits per heavy atom. The molecule has 0 bridgehead atoms. The molecule has 0 radical (unpaired) electrons. The van der Waals surface area contributed by atoms with Crippen molar-refractivity contribution in [3.63, 3.8) is 0 Å². The van der Waals surface area contributed by atoms with Crippen molar-refractivity contribution in [2.75, 3.05) is 44.7 Å². The number of hydrogen-bond acceptors (Lipinski definition) is 5. The van der Waals surface area contributed by atoms with Crippen molar-refractivity contribution < 1.29 is 0 Å². The number of nitrogens with one attached hydrogen (secondary N) is 2. The van der Waals surface area contributed by atoms with Crippen LogP contribution in [-0.2, 0) is 6.54 Å². The minimum Gasteiger partial charge on any atom is -0.357 e. The van der Waals surface area contributed by atoms with E-state index in [0.29, 0.717) is 12.6 Å². The van der Waals surface area contributed by atoms with Crippen molar-refractivity contribution in [1.82, 2.24) is 20.5 Å². The van der Waals surface area contributed by atoms with Gasteiger partial charge in [0.2, 0.25) is 0 Å². The van der Waals surface area contributed by atoms with Gasteiger partial charge in [-0.25, -0.2) is 4.98 Å². The maximum atomic E-state index is 4.61. The number of nitrogens with zero attached hydrogens (tertiary/aromatic N) is 4. The van der Waals surface area contributed by atoms with Crippen molar-refractivity contribution in [3.8, 4) is 0 Å². The van der Waals surface area contributed by atoms with Crippen molar-refractivity contribution in [1.29, 1.82) is 0 Å². The zero-order valence-corrected chi connectivity index (χ0v) is 21.5. The summed E-state index contributed by atoms with van der Waals surface area (Å²) in [5.74, 6) is 1.87. The summed E-state index contributed by atoms with van der Waals surface area (Å²) >= 11 is 1.84. The van der Waals surface area contributed by atoms with Crippen LogP contribution in [0.15, 0.2) is 40.8 Å². The summed E-state index contributed by atoms with van der Waals surface area (Å²) in [4.78, 5) is 15.3. The van der Waals surface area contributed by atoms with Gasteiger partial charge in [0.05, 0.1) is 6.04 Å². The Bertz CT molecular complexity index is 739. The molecule has 30 heavy (non-hydrogen) atoms. The minimum atomic E-state index is 0. The summed E-state index contributed by atoms with van der Waals surface area (Å²) in [7, 11) is 1.83. The monoisotopic (exact) mass is 542 g/mol. The normalized spacial score (nSPS) is 15.5. The first kappa shape index (κ1) is 24.9. The molecule has 1 atom stereocenters. The number of rotatable bonds is 9.